The molecule has 1 aliphatic rings. The highest BCUT2D eigenvalue weighted by Gasteiger charge is 2.43. The molecule has 1 saturated heterocycles. The van der Waals surface area contributed by atoms with Crippen LogP contribution in [0.2, 0.25) is 5.02 Å². The molecule has 1 fully saturated rings. The van der Waals surface area contributed by atoms with Crippen molar-refractivity contribution < 1.29 is 22.0 Å². The Morgan fingerprint density at radius 1 is 1.19 bits per heavy atom. The molecule has 2 aromatic heterocycles. The van der Waals surface area contributed by atoms with E-state index in [1.807, 2.05) is 13.8 Å². The molecule has 200 valence electrons. The van der Waals surface area contributed by atoms with Crippen LogP contribution in [0, 0.1) is 18.6 Å². The minimum atomic E-state index is -3.78. The molecule has 12 heteroatoms. The van der Waals surface area contributed by atoms with Crippen LogP contribution in [-0.2, 0) is 22.5 Å². The first kappa shape index (κ1) is 28.7. The molecule has 3 heterocycles. The highest BCUT2D eigenvalue weighted by atomic mass is 35.5. The molecular formula is C25H30ClF2N5O3S. The second-order valence-corrected chi connectivity index (χ2v) is 11.0. The predicted molar refractivity (Wildman–Crippen MR) is 137 cm³/mol. The maximum Gasteiger partial charge on any atom is 0.251 e. The second kappa shape index (κ2) is 11.7. The summed E-state index contributed by atoms with van der Waals surface area (Å²) in [6, 6.07) is 5.17. The number of pyridine rings is 1. The monoisotopic (exact) mass is 553 g/mol. The molecule has 0 radical (unpaired) electrons. The van der Waals surface area contributed by atoms with E-state index in [-0.39, 0.29) is 53.7 Å². The van der Waals surface area contributed by atoms with Gasteiger partial charge in [-0.3, -0.25) is 14.5 Å². The third kappa shape index (κ3) is 6.00. The molecular weight excluding hydrogens is 524 g/mol. The van der Waals surface area contributed by atoms with Gasteiger partial charge in [-0.25, -0.2) is 17.2 Å². The highest BCUT2D eigenvalue weighted by molar-refractivity contribution is 7.89. The number of amides is 1. The van der Waals surface area contributed by atoms with Gasteiger partial charge in [0, 0.05) is 50.1 Å². The molecule has 1 aliphatic heterocycles. The summed E-state index contributed by atoms with van der Waals surface area (Å²) in [5.74, 6) is -1.81. The van der Waals surface area contributed by atoms with Crippen LogP contribution in [0.5, 0.6) is 0 Å². The Balaban J connectivity index is 0.00000186. The molecule has 1 N–H and O–H groups in total. The van der Waals surface area contributed by atoms with Crippen molar-refractivity contribution in [3.63, 3.8) is 0 Å². The Kier molecular flexibility index (Phi) is 9.04. The van der Waals surface area contributed by atoms with Crippen LogP contribution in [0.1, 0.15) is 48.3 Å². The fourth-order valence-electron chi connectivity index (χ4n) is 4.34. The molecule has 37 heavy (non-hydrogen) atoms. The average Bonchev–Trinajstić information content (AvgIpc) is 3.33. The Bertz CT molecular complexity index is 1370. The Morgan fingerprint density at radius 3 is 2.46 bits per heavy atom. The minimum Gasteiger partial charge on any atom is -0.351 e. The van der Waals surface area contributed by atoms with E-state index in [4.69, 9.17) is 11.6 Å². The first-order chi connectivity index (χ1) is 17.5. The van der Waals surface area contributed by atoms with Gasteiger partial charge in [0.05, 0.1) is 16.9 Å². The molecule has 0 unspecified atom stereocenters. The van der Waals surface area contributed by atoms with E-state index in [2.05, 4.69) is 15.4 Å². The van der Waals surface area contributed by atoms with Crippen molar-refractivity contribution in [1.82, 2.24) is 24.4 Å². The zero-order chi connectivity index (χ0) is 27.4. The lowest BCUT2D eigenvalue weighted by Crippen LogP contribution is -2.51. The van der Waals surface area contributed by atoms with Crippen molar-refractivity contribution in [3.05, 3.63) is 76.3 Å². The molecule has 0 saturated carbocycles. The second-order valence-electron chi connectivity index (χ2n) is 8.63. The van der Waals surface area contributed by atoms with Crippen LogP contribution in [-0.4, -0.2) is 53.0 Å². The van der Waals surface area contributed by atoms with Gasteiger partial charge in [0.15, 0.2) is 0 Å². The standard InChI is InChI=1S/C23H24ClF2N5O3S.C2H6/c1-15-10-18(24)20(26)11-17(15)22(32)28-14-23(21-19(25)4-3-7-27-21)5-8-31(9-6-23)35(33,34)16-12-29-30(2)13-16;1-2/h3-4,7,10-13H,5-6,8-9,14H2,1-2H3,(H,28,32);1-2H3. The van der Waals surface area contributed by atoms with Gasteiger partial charge in [-0.1, -0.05) is 25.4 Å². The number of sulfonamides is 1. The van der Waals surface area contributed by atoms with Crippen LogP contribution in [0.25, 0.3) is 0 Å². The number of nitrogens with zero attached hydrogens (tertiary/aromatic N) is 4. The number of halogens is 3. The number of aromatic nitrogens is 3. The summed E-state index contributed by atoms with van der Waals surface area (Å²) in [5.41, 5.74) is -0.205. The van der Waals surface area contributed by atoms with Crippen LogP contribution >= 0.6 is 11.6 Å². The number of carbonyl (C=O) groups excluding carboxylic acids is 1. The zero-order valence-electron chi connectivity index (χ0n) is 21.1. The fraction of sp³-hybridized carbons (Fsp3) is 0.400. The fourth-order valence-corrected chi connectivity index (χ4v) is 5.99. The van der Waals surface area contributed by atoms with Gasteiger partial charge >= 0.3 is 0 Å². The van der Waals surface area contributed by atoms with Crippen LogP contribution in [0.3, 0.4) is 0 Å². The van der Waals surface area contributed by atoms with Gasteiger partial charge in [-0.05, 0) is 49.6 Å². The number of aryl methyl sites for hydroxylation is 2. The first-order valence-corrected chi connectivity index (χ1v) is 13.7. The normalized spacial score (nSPS) is 15.5. The van der Waals surface area contributed by atoms with E-state index in [0.29, 0.717) is 5.56 Å². The SMILES string of the molecule is CC.Cc1cc(Cl)c(F)cc1C(=O)NCC1(c2ncccc2F)CCN(S(=O)(=O)c2cnn(C)c2)CC1. The maximum atomic E-state index is 14.8. The number of rotatable bonds is 6. The molecule has 3 aromatic rings. The van der Waals surface area contributed by atoms with Crippen molar-refractivity contribution in [1.29, 1.82) is 0 Å². The van der Waals surface area contributed by atoms with Gasteiger partial charge in [-0.2, -0.15) is 9.40 Å². The molecule has 1 amide bonds. The Labute approximate surface area is 220 Å². The average molecular weight is 554 g/mol. The van der Waals surface area contributed by atoms with Crippen molar-refractivity contribution >= 4 is 27.5 Å². The van der Waals surface area contributed by atoms with Crippen molar-refractivity contribution in [2.24, 2.45) is 7.05 Å². The number of nitrogens with one attached hydrogen (secondary N) is 1. The van der Waals surface area contributed by atoms with Crippen molar-refractivity contribution in [2.75, 3.05) is 19.6 Å². The largest absolute Gasteiger partial charge is 0.351 e. The quantitative estimate of drug-likeness (QED) is 0.492. The van der Waals surface area contributed by atoms with E-state index in [0.717, 1.165) is 6.07 Å². The van der Waals surface area contributed by atoms with Gasteiger partial charge < -0.3 is 5.32 Å². The van der Waals surface area contributed by atoms with Gasteiger partial charge in [0.25, 0.3) is 5.91 Å². The summed E-state index contributed by atoms with van der Waals surface area (Å²) >= 11 is 5.79. The van der Waals surface area contributed by atoms with Crippen LogP contribution in [0.15, 0.2) is 47.8 Å². The maximum absolute atomic E-state index is 14.8. The lowest BCUT2D eigenvalue weighted by atomic mass is 9.75. The molecule has 0 bridgehead atoms. The van der Waals surface area contributed by atoms with E-state index < -0.39 is 33.0 Å². The van der Waals surface area contributed by atoms with Crippen LogP contribution < -0.4 is 5.32 Å². The minimum absolute atomic E-state index is 0.00969. The summed E-state index contributed by atoms with van der Waals surface area (Å²) in [5, 5.41) is 6.62. The first-order valence-electron chi connectivity index (χ1n) is 11.9. The number of hydrogen-bond donors (Lipinski definition) is 1. The number of carbonyl (C=O) groups is 1. The number of hydrogen-bond acceptors (Lipinski definition) is 5. The number of benzene rings is 1. The third-order valence-electron chi connectivity index (χ3n) is 6.36. The molecule has 0 atom stereocenters. The lowest BCUT2D eigenvalue weighted by Gasteiger charge is -2.41. The highest BCUT2D eigenvalue weighted by Crippen LogP contribution is 2.37. The summed E-state index contributed by atoms with van der Waals surface area (Å²) in [6.07, 6.45) is 4.59. The van der Waals surface area contributed by atoms with Gasteiger partial charge in [0.1, 0.15) is 16.5 Å². The molecule has 8 nitrogen and oxygen atoms in total. The van der Waals surface area contributed by atoms with Crippen molar-refractivity contribution in [2.45, 2.75) is 43.9 Å². The lowest BCUT2D eigenvalue weighted by molar-refractivity contribution is 0.0929. The third-order valence-corrected chi connectivity index (χ3v) is 8.50. The van der Waals surface area contributed by atoms with E-state index in [1.165, 1.54) is 45.8 Å². The summed E-state index contributed by atoms with van der Waals surface area (Å²) in [4.78, 5) is 17.2. The number of piperidine rings is 1. The molecule has 0 aliphatic carbocycles. The Morgan fingerprint density at radius 2 is 1.86 bits per heavy atom. The topological polar surface area (TPSA) is 97.2 Å². The molecule has 0 spiro atoms. The predicted octanol–water partition coefficient (Wildman–Crippen LogP) is 4.23. The van der Waals surface area contributed by atoms with E-state index in [1.54, 1.807) is 14.0 Å². The Hall–Kier alpha value is -2.89. The smallest absolute Gasteiger partial charge is 0.251 e. The van der Waals surface area contributed by atoms with Gasteiger partial charge in [-0.15, -0.1) is 0 Å². The molecule has 1 aromatic carbocycles. The summed E-state index contributed by atoms with van der Waals surface area (Å²) in [7, 11) is -2.15. The zero-order valence-corrected chi connectivity index (χ0v) is 22.7. The van der Waals surface area contributed by atoms with Gasteiger partial charge in [0.2, 0.25) is 10.0 Å². The van der Waals surface area contributed by atoms with Crippen LogP contribution in [0.4, 0.5) is 8.78 Å². The van der Waals surface area contributed by atoms with E-state index >= 15 is 0 Å². The summed E-state index contributed by atoms with van der Waals surface area (Å²) < 4.78 is 57.6. The summed E-state index contributed by atoms with van der Waals surface area (Å²) in [6.45, 7) is 5.82. The molecule has 4 rings (SSSR count). The van der Waals surface area contributed by atoms with E-state index in [9.17, 15) is 22.0 Å². The van der Waals surface area contributed by atoms with Crippen molar-refractivity contribution in [3.8, 4) is 0 Å².